The van der Waals surface area contributed by atoms with Crippen LogP contribution in [0, 0.1) is 0 Å². The van der Waals surface area contributed by atoms with Gasteiger partial charge in [0.05, 0.1) is 0 Å². The Balaban J connectivity index is 2.70. The number of hydrogen-bond donors (Lipinski definition) is 0. The Labute approximate surface area is 84.8 Å². The van der Waals surface area contributed by atoms with Gasteiger partial charge in [0.25, 0.3) is 5.91 Å². The highest BCUT2D eigenvalue weighted by molar-refractivity contribution is 6.00. The molecule has 2 amide bonds. The van der Waals surface area contributed by atoms with Crippen LogP contribution in [0.4, 0.5) is 0 Å². The van der Waals surface area contributed by atoms with Crippen LogP contribution >= 0.6 is 0 Å². The van der Waals surface area contributed by atoms with E-state index in [1.165, 1.54) is 24.3 Å². The Hall–Kier alpha value is -1.12. The Bertz CT molecular complexity index is 242. The molecule has 0 radical (unpaired) electrons. The second-order valence-electron chi connectivity index (χ2n) is 3.72. The number of nitrogens with zero attached hydrogens (tertiary/aromatic N) is 1. The van der Waals surface area contributed by atoms with E-state index in [4.69, 9.17) is 0 Å². The van der Waals surface area contributed by atoms with Crippen molar-refractivity contribution in [2.45, 2.75) is 45.1 Å². The molecule has 14 heavy (non-hydrogen) atoms. The molecule has 3 nitrogen and oxygen atoms in total. The van der Waals surface area contributed by atoms with Crippen LogP contribution in [0.25, 0.3) is 0 Å². The number of hydrogen-bond acceptors (Lipinski definition) is 2. The smallest absolute Gasteiger partial charge is 0.252 e. The fourth-order valence-corrected chi connectivity index (χ4v) is 2.03. The molecular weight excluding hydrogens is 178 g/mol. The van der Waals surface area contributed by atoms with Crippen molar-refractivity contribution >= 4 is 11.8 Å². The molecule has 0 heterocycles. The highest BCUT2D eigenvalue weighted by atomic mass is 16.2. The van der Waals surface area contributed by atoms with Gasteiger partial charge in [-0.1, -0.05) is 25.8 Å². The first-order chi connectivity index (χ1) is 6.66. The average Bonchev–Trinajstić information content (AvgIpc) is 2.19. The van der Waals surface area contributed by atoms with Gasteiger partial charge >= 0.3 is 0 Å². The van der Waals surface area contributed by atoms with Crippen molar-refractivity contribution in [3.05, 3.63) is 12.7 Å². The van der Waals surface area contributed by atoms with E-state index in [0.717, 1.165) is 25.7 Å². The van der Waals surface area contributed by atoms with Crippen LogP contribution in [-0.4, -0.2) is 22.8 Å². The lowest BCUT2D eigenvalue weighted by molar-refractivity contribution is -0.143. The van der Waals surface area contributed by atoms with Gasteiger partial charge in [0.2, 0.25) is 5.91 Å². The van der Waals surface area contributed by atoms with Gasteiger partial charge in [0.15, 0.2) is 0 Å². The van der Waals surface area contributed by atoms with Crippen LogP contribution in [-0.2, 0) is 9.59 Å². The lowest BCUT2D eigenvalue weighted by atomic mass is 9.94. The number of amides is 2. The van der Waals surface area contributed by atoms with Crippen molar-refractivity contribution in [3.63, 3.8) is 0 Å². The lowest BCUT2D eigenvalue weighted by Gasteiger charge is -2.31. The quantitative estimate of drug-likeness (QED) is 0.631. The molecule has 0 aromatic heterocycles. The first kappa shape index (κ1) is 11.0. The zero-order valence-corrected chi connectivity index (χ0v) is 8.66. The minimum absolute atomic E-state index is 0.103. The molecule has 78 valence electrons. The summed E-state index contributed by atoms with van der Waals surface area (Å²) in [6.07, 6.45) is 6.54. The van der Waals surface area contributed by atoms with Crippen molar-refractivity contribution in [1.29, 1.82) is 0 Å². The van der Waals surface area contributed by atoms with E-state index in [1.54, 1.807) is 0 Å². The Morgan fingerprint density at radius 2 is 1.86 bits per heavy atom. The van der Waals surface area contributed by atoms with Gasteiger partial charge in [-0.15, -0.1) is 0 Å². The SMILES string of the molecule is C=CC(=O)N(C(C)=O)C1CCCCC1. The largest absolute Gasteiger partial charge is 0.276 e. The van der Waals surface area contributed by atoms with Crippen LogP contribution < -0.4 is 0 Å². The molecule has 0 N–H and O–H groups in total. The van der Waals surface area contributed by atoms with Crippen molar-refractivity contribution in [2.75, 3.05) is 0 Å². The Kier molecular flexibility index (Phi) is 3.86. The fraction of sp³-hybridized carbons (Fsp3) is 0.636. The molecule has 1 aliphatic carbocycles. The van der Waals surface area contributed by atoms with Crippen molar-refractivity contribution in [2.24, 2.45) is 0 Å². The second kappa shape index (κ2) is 4.94. The summed E-state index contributed by atoms with van der Waals surface area (Å²) in [6, 6.07) is 0.103. The first-order valence-electron chi connectivity index (χ1n) is 5.13. The van der Waals surface area contributed by atoms with Crippen LogP contribution in [0.15, 0.2) is 12.7 Å². The number of carbonyl (C=O) groups is 2. The molecular formula is C11H17NO2. The molecule has 0 saturated heterocycles. The van der Waals surface area contributed by atoms with Crippen molar-refractivity contribution < 1.29 is 9.59 Å². The van der Waals surface area contributed by atoms with E-state index in [2.05, 4.69) is 6.58 Å². The Morgan fingerprint density at radius 1 is 1.29 bits per heavy atom. The molecule has 1 aliphatic rings. The molecule has 1 rings (SSSR count). The van der Waals surface area contributed by atoms with Gasteiger partial charge in [-0.2, -0.15) is 0 Å². The summed E-state index contributed by atoms with van der Waals surface area (Å²) in [7, 11) is 0. The van der Waals surface area contributed by atoms with Gasteiger partial charge < -0.3 is 0 Å². The fourth-order valence-electron chi connectivity index (χ4n) is 2.03. The van der Waals surface area contributed by atoms with E-state index in [9.17, 15) is 9.59 Å². The van der Waals surface area contributed by atoms with Gasteiger partial charge in [0.1, 0.15) is 0 Å². The lowest BCUT2D eigenvalue weighted by Crippen LogP contribution is -2.43. The van der Waals surface area contributed by atoms with E-state index in [1.807, 2.05) is 0 Å². The predicted octanol–water partition coefficient (Wildman–Crippen LogP) is 1.88. The molecule has 0 bridgehead atoms. The normalized spacial score (nSPS) is 17.5. The standard InChI is InChI=1S/C11H17NO2/c1-3-11(14)12(9(2)13)10-7-5-4-6-8-10/h3,10H,1,4-8H2,2H3. The summed E-state index contributed by atoms with van der Waals surface area (Å²) in [6.45, 7) is 4.86. The minimum Gasteiger partial charge on any atom is -0.276 e. The molecule has 0 unspecified atom stereocenters. The molecule has 0 aliphatic heterocycles. The zero-order valence-electron chi connectivity index (χ0n) is 8.66. The number of imide groups is 1. The van der Waals surface area contributed by atoms with Gasteiger partial charge in [0, 0.05) is 13.0 Å². The molecule has 0 spiro atoms. The summed E-state index contributed by atoms with van der Waals surface area (Å²) < 4.78 is 0. The summed E-state index contributed by atoms with van der Waals surface area (Å²) in [5, 5.41) is 0. The highest BCUT2D eigenvalue weighted by Gasteiger charge is 2.26. The maximum atomic E-state index is 11.4. The average molecular weight is 195 g/mol. The summed E-state index contributed by atoms with van der Waals surface area (Å²) in [5.41, 5.74) is 0. The highest BCUT2D eigenvalue weighted by Crippen LogP contribution is 2.22. The number of rotatable bonds is 2. The van der Waals surface area contributed by atoms with Gasteiger partial charge in [-0.3, -0.25) is 14.5 Å². The minimum atomic E-state index is -0.260. The van der Waals surface area contributed by atoms with Crippen LogP contribution in [0.5, 0.6) is 0 Å². The summed E-state index contributed by atoms with van der Waals surface area (Å²) in [5.74, 6) is -0.425. The maximum absolute atomic E-state index is 11.4. The van der Waals surface area contributed by atoms with Crippen molar-refractivity contribution in [1.82, 2.24) is 4.90 Å². The molecule has 1 saturated carbocycles. The third-order valence-electron chi connectivity index (χ3n) is 2.69. The van der Waals surface area contributed by atoms with E-state index in [-0.39, 0.29) is 17.9 Å². The van der Waals surface area contributed by atoms with Crippen molar-refractivity contribution in [3.8, 4) is 0 Å². The van der Waals surface area contributed by atoms with Gasteiger partial charge in [-0.25, -0.2) is 0 Å². The maximum Gasteiger partial charge on any atom is 0.252 e. The third kappa shape index (κ3) is 2.44. The Morgan fingerprint density at radius 3 is 2.29 bits per heavy atom. The summed E-state index contributed by atoms with van der Waals surface area (Å²) >= 11 is 0. The first-order valence-corrected chi connectivity index (χ1v) is 5.13. The zero-order chi connectivity index (χ0) is 10.6. The van der Waals surface area contributed by atoms with Crippen LogP contribution in [0.1, 0.15) is 39.0 Å². The second-order valence-corrected chi connectivity index (χ2v) is 3.72. The third-order valence-corrected chi connectivity index (χ3v) is 2.69. The molecule has 0 aromatic carbocycles. The summed E-state index contributed by atoms with van der Waals surface area (Å²) in [4.78, 5) is 24.1. The molecule has 0 aromatic rings. The van der Waals surface area contributed by atoms with E-state index < -0.39 is 0 Å². The molecule has 0 atom stereocenters. The van der Waals surface area contributed by atoms with Gasteiger partial charge in [-0.05, 0) is 18.9 Å². The topological polar surface area (TPSA) is 37.4 Å². The monoisotopic (exact) mass is 195 g/mol. The predicted molar refractivity (Wildman–Crippen MR) is 54.6 cm³/mol. The van der Waals surface area contributed by atoms with Crippen LogP contribution in [0.3, 0.4) is 0 Å². The molecule has 3 heteroatoms. The number of carbonyl (C=O) groups excluding carboxylic acids is 2. The van der Waals surface area contributed by atoms with Crippen LogP contribution in [0.2, 0.25) is 0 Å². The van der Waals surface area contributed by atoms with E-state index in [0.29, 0.717) is 0 Å². The van der Waals surface area contributed by atoms with E-state index >= 15 is 0 Å². The molecule has 1 fully saturated rings.